The van der Waals surface area contributed by atoms with Crippen LogP contribution in [0.3, 0.4) is 0 Å². The normalized spacial score (nSPS) is 16.0. The van der Waals surface area contributed by atoms with E-state index in [1.54, 1.807) is 0 Å². The minimum atomic E-state index is -1.11. The summed E-state index contributed by atoms with van der Waals surface area (Å²) < 4.78 is 11.1. The predicted molar refractivity (Wildman–Crippen MR) is 88.4 cm³/mol. The Morgan fingerprint density at radius 3 is 2.71 bits per heavy atom. The lowest BCUT2D eigenvalue weighted by Crippen LogP contribution is -2.35. The first kappa shape index (κ1) is 16.3. The van der Waals surface area contributed by atoms with Crippen molar-refractivity contribution in [1.29, 1.82) is 0 Å². The Morgan fingerprint density at radius 1 is 1.38 bits per heavy atom. The number of ether oxygens (including phenoxy) is 1. The molecule has 128 valence electrons. The van der Waals surface area contributed by atoms with E-state index in [0.29, 0.717) is 6.54 Å². The minimum Gasteiger partial charge on any atom is -0.490 e. The number of carboxylic acid groups (broad SMARTS) is 1. The number of aromatic carboxylic acids is 1. The van der Waals surface area contributed by atoms with Gasteiger partial charge in [0, 0.05) is 19.6 Å². The predicted octanol–water partition coefficient (Wildman–Crippen LogP) is 2.46. The minimum absolute atomic E-state index is 0.112. The summed E-state index contributed by atoms with van der Waals surface area (Å²) in [6.07, 6.45) is 3.50. The Bertz CT molecular complexity index is 675. The molecule has 3 rings (SSSR count). The van der Waals surface area contributed by atoms with Crippen molar-refractivity contribution in [2.75, 3.05) is 25.5 Å². The zero-order valence-electron chi connectivity index (χ0n) is 13.6. The zero-order valence-corrected chi connectivity index (χ0v) is 13.6. The molecule has 1 fully saturated rings. The Kier molecular flexibility index (Phi) is 5.00. The molecule has 0 unspecified atom stereocenters. The molecular formula is C17H21N3O4. The Balaban J connectivity index is 1.49. The first-order valence-electron chi connectivity index (χ1n) is 7.97. The second-order valence-electron chi connectivity index (χ2n) is 5.96. The van der Waals surface area contributed by atoms with E-state index in [9.17, 15) is 4.79 Å². The number of nitrogens with one attached hydrogen (secondary N) is 1. The molecule has 0 atom stereocenters. The van der Waals surface area contributed by atoms with Crippen molar-refractivity contribution in [1.82, 2.24) is 9.88 Å². The van der Waals surface area contributed by atoms with Crippen molar-refractivity contribution in [3.05, 3.63) is 41.8 Å². The lowest BCUT2D eigenvalue weighted by atomic mass is 10.1. The van der Waals surface area contributed by atoms with Crippen LogP contribution in [-0.2, 0) is 6.54 Å². The van der Waals surface area contributed by atoms with Crippen molar-refractivity contribution in [3.63, 3.8) is 0 Å². The molecule has 0 saturated carbocycles. The van der Waals surface area contributed by atoms with Gasteiger partial charge in [0.2, 0.25) is 0 Å². The molecule has 1 saturated heterocycles. The summed E-state index contributed by atoms with van der Waals surface area (Å²) in [7, 11) is 2.13. The molecule has 2 heterocycles. The lowest BCUT2D eigenvalue weighted by molar-refractivity contribution is 0.0690. The highest BCUT2D eigenvalue weighted by atomic mass is 16.5. The summed E-state index contributed by atoms with van der Waals surface area (Å²) >= 11 is 0. The first-order valence-corrected chi connectivity index (χ1v) is 7.97. The van der Waals surface area contributed by atoms with Crippen LogP contribution in [-0.4, -0.2) is 47.2 Å². The van der Waals surface area contributed by atoms with Gasteiger partial charge in [0.1, 0.15) is 18.1 Å². The number of nitrogens with zero attached hydrogens (tertiary/aromatic N) is 2. The highest BCUT2D eigenvalue weighted by Gasteiger charge is 2.17. The topological polar surface area (TPSA) is 87.8 Å². The molecule has 7 nitrogen and oxygen atoms in total. The fourth-order valence-electron chi connectivity index (χ4n) is 2.61. The van der Waals surface area contributed by atoms with Gasteiger partial charge >= 0.3 is 5.97 Å². The fraction of sp³-hybridized carbons (Fsp3) is 0.412. The third-order valence-corrected chi connectivity index (χ3v) is 4.06. The van der Waals surface area contributed by atoms with Gasteiger partial charge in [-0.15, -0.1) is 0 Å². The SMILES string of the molecule is CN1CCC(Oc2ccc(CNc3nc(C(=O)O)co3)cc2)CC1. The lowest BCUT2D eigenvalue weighted by Gasteiger charge is -2.29. The van der Waals surface area contributed by atoms with E-state index in [2.05, 4.69) is 22.2 Å². The van der Waals surface area contributed by atoms with Gasteiger partial charge in [-0.1, -0.05) is 12.1 Å². The standard InChI is InChI=1S/C17H21N3O4/c1-20-8-6-14(7-9-20)24-13-4-2-12(3-5-13)10-18-17-19-15(11-23-17)16(21)22/h2-5,11,14H,6-10H2,1H3,(H,18,19)(H,21,22). The Hall–Kier alpha value is -2.54. The van der Waals surface area contributed by atoms with Crippen LogP contribution in [0.4, 0.5) is 6.01 Å². The zero-order chi connectivity index (χ0) is 16.9. The highest BCUT2D eigenvalue weighted by molar-refractivity contribution is 5.85. The van der Waals surface area contributed by atoms with E-state index < -0.39 is 5.97 Å². The molecule has 1 aliphatic rings. The van der Waals surface area contributed by atoms with Gasteiger partial charge < -0.3 is 24.5 Å². The van der Waals surface area contributed by atoms with Gasteiger partial charge in [0.25, 0.3) is 6.01 Å². The average molecular weight is 331 g/mol. The quantitative estimate of drug-likeness (QED) is 0.840. The van der Waals surface area contributed by atoms with Crippen molar-refractivity contribution >= 4 is 12.0 Å². The average Bonchev–Trinajstić information content (AvgIpc) is 3.06. The van der Waals surface area contributed by atoms with Crippen LogP contribution < -0.4 is 10.1 Å². The molecule has 24 heavy (non-hydrogen) atoms. The molecule has 1 aromatic heterocycles. The monoisotopic (exact) mass is 331 g/mol. The van der Waals surface area contributed by atoms with Crippen LogP contribution in [0.1, 0.15) is 28.9 Å². The molecule has 2 aromatic rings. The van der Waals surface area contributed by atoms with Crippen LogP contribution in [0.5, 0.6) is 5.75 Å². The van der Waals surface area contributed by atoms with Crippen molar-refractivity contribution in [3.8, 4) is 5.75 Å². The second kappa shape index (κ2) is 7.35. The molecule has 0 aliphatic carbocycles. The number of carboxylic acids is 1. The third-order valence-electron chi connectivity index (χ3n) is 4.06. The highest BCUT2D eigenvalue weighted by Crippen LogP contribution is 2.19. The molecule has 0 spiro atoms. The number of carbonyl (C=O) groups is 1. The number of hydrogen-bond donors (Lipinski definition) is 2. The number of oxazole rings is 1. The molecule has 0 amide bonds. The molecule has 1 aliphatic heterocycles. The summed E-state index contributed by atoms with van der Waals surface area (Å²) in [4.78, 5) is 16.9. The maximum absolute atomic E-state index is 10.7. The fourth-order valence-corrected chi connectivity index (χ4v) is 2.61. The van der Waals surface area contributed by atoms with Crippen molar-refractivity contribution in [2.24, 2.45) is 0 Å². The number of benzene rings is 1. The van der Waals surface area contributed by atoms with E-state index >= 15 is 0 Å². The summed E-state index contributed by atoms with van der Waals surface area (Å²) in [5.74, 6) is -0.236. The number of piperidine rings is 1. The second-order valence-corrected chi connectivity index (χ2v) is 5.96. The number of rotatable bonds is 6. The first-order chi connectivity index (χ1) is 11.6. The Labute approximate surface area is 140 Å². The van der Waals surface area contributed by atoms with Crippen molar-refractivity contribution < 1.29 is 19.1 Å². The molecule has 1 aromatic carbocycles. The van der Waals surface area contributed by atoms with Gasteiger partial charge in [-0.25, -0.2) is 4.79 Å². The van der Waals surface area contributed by atoms with E-state index in [0.717, 1.165) is 43.5 Å². The third kappa shape index (κ3) is 4.26. The molecular weight excluding hydrogens is 310 g/mol. The Morgan fingerprint density at radius 2 is 2.08 bits per heavy atom. The summed E-state index contributed by atoms with van der Waals surface area (Å²) in [6, 6.07) is 8.04. The van der Waals surface area contributed by atoms with E-state index in [1.165, 1.54) is 0 Å². The van der Waals surface area contributed by atoms with Gasteiger partial charge in [-0.2, -0.15) is 4.98 Å². The van der Waals surface area contributed by atoms with Crippen LogP contribution in [0, 0.1) is 0 Å². The molecule has 7 heteroatoms. The van der Waals surface area contributed by atoms with E-state index in [-0.39, 0.29) is 17.8 Å². The molecule has 0 bridgehead atoms. The maximum atomic E-state index is 10.7. The van der Waals surface area contributed by atoms with Crippen LogP contribution >= 0.6 is 0 Å². The van der Waals surface area contributed by atoms with E-state index in [1.807, 2.05) is 24.3 Å². The van der Waals surface area contributed by atoms with Gasteiger partial charge in [0.15, 0.2) is 5.69 Å². The summed E-state index contributed by atoms with van der Waals surface area (Å²) in [5.41, 5.74) is 0.917. The van der Waals surface area contributed by atoms with Crippen molar-refractivity contribution in [2.45, 2.75) is 25.5 Å². The van der Waals surface area contributed by atoms with Crippen LogP contribution in [0.2, 0.25) is 0 Å². The molecule has 2 N–H and O–H groups in total. The molecule has 0 radical (unpaired) electrons. The van der Waals surface area contributed by atoms with Crippen LogP contribution in [0.15, 0.2) is 34.9 Å². The number of aromatic nitrogens is 1. The number of anilines is 1. The number of likely N-dealkylation sites (tertiary alicyclic amines) is 1. The van der Waals surface area contributed by atoms with Crippen LogP contribution in [0.25, 0.3) is 0 Å². The summed E-state index contributed by atoms with van der Waals surface area (Å²) in [6.45, 7) is 2.64. The van der Waals surface area contributed by atoms with E-state index in [4.69, 9.17) is 14.3 Å². The largest absolute Gasteiger partial charge is 0.490 e. The number of hydrogen-bond acceptors (Lipinski definition) is 6. The van der Waals surface area contributed by atoms with Gasteiger partial charge in [-0.3, -0.25) is 0 Å². The van der Waals surface area contributed by atoms with Gasteiger partial charge in [0.05, 0.1) is 0 Å². The smallest absolute Gasteiger partial charge is 0.357 e. The van der Waals surface area contributed by atoms with Gasteiger partial charge in [-0.05, 0) is 37.6 Å². The summed E-state index contributed by atoms with van der Waals surface area (Å²) in [5, 5.41) is 11.8. The maximum Gasteiger partial charge on any atom is 0.357 e.